The summed E-state index contributed by atoms with van der Waals surface area (Å²) in [5.74, 6) is 2.13. The quantitative estimate of drug-likeness (QED) is 0.690. The molecule has 0 spiro atoms. The van der Waals surface area contributed by atoms with Crippen molar-refractivity contribution in [1.82, 2.24) is 10.6 Å². The van der Waals surface area contributed by atoms with Crippen LogP contribution in [-0.4, -0.2) is 49.9 Å². The van der Waals surface area contributed by atoms with E-state index in [0.717, 1.165) is 50.7 Å². The van der Waals surface area contributed by atoms with E-state index >= 15 is 0 Å². The van der Waals surface area contributed by atoms with E-state index in [9.17, 15) is 0 Å². The molecule has 2 atom stereocenters. The van der Waals surface area contributed by atoms with E-state index in [0.29, 0.717) is 0 Å². The first-order valence-electron chi connectivity index (χ1n) is 6.68. The minimum atomic E-state index is 0.190. The van der Waals surface area contributed by atoms with E-state index in [2.05, 4.69) is 44.7 Å². The van der Waals surface area contributed by atoms with E-state index in [-0.39, 0.29) is 12.1 Å². The van der Waals surface area contributed by atoms with Crippen molar-refractivity contribution < 1.29 is 0 Å². The molecule has 2 N–H and O–H groups in total. The molecule has 6 heteroatoms. The van der Waals surface area contributed by atoms with Crippen LogP contribution < -0.4 is 10.6 Å². The summed E-state index contributed by atoms with van der Waals surface area (Å²) in [5, 5.41) is 15.2. The van der Waals surface area contributed by atoms with Gasteiger partial charge >= 0.3 is 0 Å². The predicted octanol–water partition coefficient (Wildman–Crippen LogP) is 0.999. The first-order chi connectivity index (χ1) is 8.74. The van der Waals surface area contributed by atoms with Gasteiger partial charge in [-0.15, -0.1) is 0 Å². The summed E-state index contributed by atoms with van der Waals surface area (Å²) >= 11 is 0. The lowest BCUT2D eigenvalue weighted by atomic mass is 10.2. The Kier molecular flexibility index (Phi) is 4.66. The third kappa shape index (κ3) is 4.09. The SMILES string of the molecule is CC(CC1=NCCN1)N=NC(C)CC1=NCCN1. The number of rotatable bonds is 6. The highest BCUT2D eigenvalue weighted by Gasteiger charge is 2.12. The van der Waals surface area contributed by atoms with Gasteiger partial charge in [0.1, 0.15) is 0 Å². The number of hydrogen-bond acceptors (Lipinski definition) is 6. The zero-order valence-electron chi connectivity index (χ0n) is 11.2. The number of hydrogen-bond donors (Lipinski definition) is 2. The summed E-state index contributed by atoms with van der Waals surface area (Å²) in [7, 11) is 0. The summed E-state index contributed by atoms with van der Waals surface area (Å²) in [6, 6.07) is 0.380. The molecule has 0 saturated heterocycles. The normalized spacial score (nSPS) is 22.3. The van der Waals surface area contributed by atoms with Gasteiger partial charge in [-0.05, 0) is 13.8 Å². The lowest BCUT2D eigenvalue weighted by Crippen LogP contribution is -2.23. The van der Waals surface area contributed by atoms with Gasteiger partial charge in [-0.1, -0.05) is 0 Å². The first-order valence-corrected chi connectivity index (χ1v) is 6.68. The molecule has 0 aromatic heterocycles. The lowest BCUT2D eigenvalue weighted by molar-refractivity contribution is 0.634. The molecular formula is C12H22N6. The third-order valence-electron chi connectivity index (χ3n) is 2.93. The number of nitrogens with zero attached hydrogens (tertiary/aromatic N) is 4. The molecule has 0 radical (unpaired) electrons. The fourth-order valence-corrected chi connectivity index (χ4v) is 2.04. The standard InChI is InChI=1S/C12H22N6/c1-9(7-11-13-3-4-14-11)17-18-10(2)8-12-15-5-6-16-12/h9-10H,3-8H2,1-2H3,(H,13,14)(H,15,16). The topological polar surface area (TPSA) is 73.5 Å². The van der Waals surface area contributed by atoms with Crippen LogP contribution in [0.4, 0.5) is 0 Å². The zero-order valence-corrected chi connectivity index (χ0v) is 11.2. The minimum Gasteiger partial charge on any atom is -0.372 e. The molecule has 0 fully saturated rings. The molecule has 100 valence electrons. The average molecular weight is 250 g/mol. The highest BCUT2D eigenvalue weighted by Crippen LogP contribution is 2.06. The van der Waals surface area contributed by atoms with E-state index < -0.39 is 0 Å². The monoisotopic (exact) mass is 250 g/mol. The summed E-state index contributed by atoms with van der Waals surface area (Å²) in [6.07, 6.45) is 1.71. The Labute approximate surface area is 108 Å². The first kappa shape index (κ1) is 13.0. The van der Waals surface area contributed by atoms with Gasteiger partial charge in [0.25, 0.3) is 0 Å². The van der Waals surface area contributed by atoms with Crippen LogP contribution in [0.25, 0.3) is 0 Å². The molecule has 0 bridgehead atoms. The molecule has 2 rings (SSSR count). The highest BCUT2D eigenvalue weighted by atomic mass is 15.2. The zero-order chi connectivity index (χ0) is 12.8. The van der Waals surface area contributed by atoms with Crippen molar-refractivity contribution in [3.8, 4) is 0 Å². The molecule has 0 aliphatic carbocycles. The van der Waals surface area contributed by atoms with Crippen molar-refractivity contribution in [2.24, 2.45) is 20.2 Å². The predicted molar refractivity (Wildman–Crippen MR) is 73.6 cm³/mol. The third-order valence-corrected chi connectivity index (χ3v) is 2.93. The van der Waals surface area contributed by atoms with Crippen LogP contribution in [0.15, 0.2) is 20.2 Å². The Morgan fingerprint density at radius 3 is 1.72 bits per heavy atom. The molecule has 0 aromatic carbocycles. The molecular weight excluding hydrogens is 228 g/mol. The minimum absolute atomic E-state index is 0.190. The van der Waals surface area contributed by atoms with Crippen molar-refractivity contribution in [2.45, 2.75) is 38.8 Å². The van der Waals surface area contributed by atoms with Crippen molar-refractivity contribution in [1.29, 1.82) is 0 Å². The van der Waals surface area contributed by atoms with Crippen molar-refractivity contribution in [2.75, 3.05) is 26.2 Å². The molecule has 18 heavy (non-hydrogen) atoms. The maximum Gasteiger partial charge on any atom is 0.0986 e. The second-order valence-electron chi connectivity index (χ2n) is 4.85. The molecule has 2 heterocycles. The lowest BCUT2D eigenvalue weighted by Gasteiger charge is -2.08. The maximum atomic E-state index is 4.36. The van der Waals surface area contributed by atoms with Crippen LogP contribution >= 0.6 is 0 Å². The molecule has 0 saturated carbocycles. The van der Waals surface area contributed by atoms with Gasteiger partial charge in [-0.3, -0.25) is 9.98 Å². The van der Waals surface area contributed by atoms with Crippen molar-refractivity contribution in [3.63, 3.8) is 0 Å². The van der Waals surface area contributed by atoms with Crippen LogP contribution in [0.1, 0.15) is 26.7 Å². The van der Waals surface area contributed by atoms with Gasteiger partial charge < -0.3 is 10.6 Å². The van der Waals surface area contributed by atoms with Crippen LogP contribution in [0, 0.1) is 0 Å². The van der Waals surface area contributed by atoms with Gasteiger partial charge in [-0.25, -0.2) is 0 Å². The largest absolute Gasteiger partial charge is 0.372 e. The second kappa shape index (κ2) is 6.47. The number of nitrogens with one attached hydrogen (secondary N) is 2. The van der Waals surface area contributed by atoms with Gasteiger partial charge in [0.05, 0.1) is 36.8 Å². The van der Waals surface area contributed by atoms with E-state index in [1.807, 2.05) is 0 Å². The molecule has 0 aromatic rings. The van der Waals surface area contributed by atoms with E-state index in [4.69, 9.17) is 0 Å². The van der Waals surface area contributed by atoms with Crippen LogP contribution in [0.5, 0.6) is 0 Å². The second-order valence-corrected chi connectivity index (χ2v) is 4.85. The van der Waals surface area contributed by atoms with Gasteiger partial charge in [0, 0.05) is 25.9 Å². The van der Waals surface area contributed by atoms with Crippen LogP contribution in [0.3, 0.4) is 0 Å². The van der Waals surface area contributed by atoms with Gasteiger partial charge in [0.2, 0.25) is 0 Å². The summed E-state index contributed by atoms with van der Waals surface area (Å²) in [4.78, 5) is 8.72. The summed E-state index contributed by atoms with van der Waals surface area (Å²) in [6.45, 7) is 7.85. The fraction of sp³-hybridized carbons (Fsp3) is 0.833. The number of amidine groups is 2. The Balaban J connectivity index is 1.71. The van der Waals surface area contributed by atoms with Gasteiger partial charge in [-0.2, -0.15) is 10.2 Å². The molecule has 2 aliphatic rings. The average Bonchev–Trinajstić information content (AvgIpc) is 2.99. The number of azo groups is 1. The van der Waals surface area contributed by atoms with Crippen LogP contribution in [0.2, 0.25) is 0 Å². The van der Waals surface area contributed by atoms with Crippen LogP contribution in [-0.2, 0) is 0 Å². The fourth-order valence-electron chi connectivity index (χ4n) is 2.04. The van der Waals surface area contributed by atoms with Gasteiger partial charge in [0.15, 0.2) is 0 Å². The Bertz CT molecular complexity index is 326. The maximum absolute atomic E-state index is 4.36. The summed E-state index contributed by atoms with van der Waals surface area (Å²) < 4.78 is 0. The summed E-state index contributed by atoms with van der Waals surface area (Å²) in [5.41, 5.74) is 0. The highest BCUT2D eigenvalue weighted by molar-refractivity contribution is 5.84. The Morgan fingerprint density at radius 1 is 0.944 bits per heavy atom. The molecule has 0 amide bonds. The van der Waals surface area contributed by atoms with Crippen molar-refractivity contribution in [3.05, 3.63) is 0 Å². The Morgan fingerprint density at radius 2 is 1.39 bits per heavy atom. The van der Waals surface area contributed by atoms with Crippen molar-refractivity contribution >= 4 is 11.7 Å². The number of aliphatic imine (C=N–C) groups is 2. The molecule has 2 unspecified atom stereocenters. The smallest absolute Gasteiger partial charge is 0.0986 e. The van der Waals surface area contributed by atoms with E-state index in [1.165, 1.54) is 0 Å². The Hall–Kier alpha value is -1.46. The molecule has 6 nitrogen and oxygen atoms in total. The molecule has 2 aliphatic heterocycles. The van der Waals surface area contributed by atoms with E-state index in [1.54, 1.807) is 0 Å².